The average Bonchev–Trinajstić information content (AvgIpc) is 2.26. The van der Waals surface area contributed by atoms with Crippen molar-refractivity contribution in [2.45, 2.75) is 20.8 Å². The lowest BCUT2D eigenvalue weighted by Gasteiger charge is -2.14. The van der Waals surface area contributed by atoms with Crippen LogP contribution in [0.1, 0.15) is 19.4 Å². The van der Waals surface area contributed by atoms with Crippen molar-refractivity contribution in [3.8, 4) is 6.07 Å². The van der Waals surface area contributed by atoms with Crippen LogP contribution in [0.2, 0.25) is 5.02 Å². The van der Waals surface area contributed by atoms with Crippen LogP contribution in [-0.4, -0.2) is 5.91 Å². The van der Waals surface area contributed by atoms with E-state index in [-0.39, 0.29) is 11.8 Å². The Morgan fingerprint density at radius 1 is 1.50 bits per heavy atom. The highest BCUT2D eigenvalue weighted by atomic mass is 79.9. The molecule has 3 nitrogen and oxygen atoms in total. The summed E-state index contributed by atoms with van der Waals surface area (Å²) in [5, 5.41) is 12.3. The zero-order valence-electron chi connectivity index (χ0n) is 10.4. The number of nitrogens with one attached hydrogen (secondary N) is 1. The summed E-state index contributed by atoms with van der Waals surface area (Å²) in [7, 11) is 0. The van der Waals surface area contributed by atoms with E-state index in [0.29, 0.717) is 10.7 Å². The molecule has 1 rings (SSSR count). The lowest BCUT2D eigenvalue weighted by atomic mass is 9.96. The van der Waals surface area contributed by atoms with E-state index >= 15 is 0 Å². The van der Waals surface area contributed by atoms with E-state index in [2.05, 4.69) is 21.2 Å². The quantitative estimate of drug-likeness (QED) is 0.906. The summed E-state index contributed by atoms with van der Waals surface area (Å²) >= 11 is 9.37. The van der Waals surface area contributed by atoms with Gasteiger partial charge in [-0.05, 0) is 46.5 Å². The second-order valence-electron chi connectivity index (χ2n) is 4.42. The zero-order chi connectivity index (χ0) is 13.9. The lowest BCUT2D eigenvalue weighted by Crippen LogP contribution is -2.25. The van der Waals surface area contributed by atoms with Crippen molar-refractivity contribution >= 4 is 39.1 Å². The van der Waals surface area contributed by atoms with Crippen LogP contribution in [0.5, 0.6) is 0 Å². The van der Waals surface area contributed by atoms with Crippen molar-refractivity contribution < 1.29 is 4.79 Å². The molecule has 0 bridgehead atoms. The van der Waals surface area contributed by atoms with Gasteiger partial charge in [0.25, 0.3) is 0 Å². The normalized spacial score (nSPS) is 12.1. The van der Waals surface area contributed by atoms with Crippen molar-refractivity contribution in [3.05, 3.63) is 27.2 Å². The molecular formula is C13H14BrClN2O. The first-order valence-electron chi connectivity index (χ1n) is 5.53. The first kappa shape index (κ1) is 15.0. The SMILES string of the molecule is Cc1cc(Br)c(NC(=O)C(C#N)C(C)C)cc1Cl. The molecule has 0 aliphatic rings. The fourth-order valence-corrected chi connectivity index (χ4v) is 2.18. The Bertz CT molecular complexity index is 508. The number of amides is 1. The third kappa shape index (κ3) is 3.47. The van der Waals surface area contributed by atoms with Gasteiger partial charge in [0.2, 0.25) is 5.91 Å². The predicted molar refractivity (Wildman–Crippen MR) is 76.5 cm³/mol. The second-order valence-corrected chi connectivity index (χ2v) is 5.68. The summed E-state index contributed by atoms with van der Waals surface area (Å²) in [4.78, 5) is 11.9. The molecule has 0 fully saturated rings. The minimum absolute atomic E-state index is 0.0327. The number of benzene rings is 1. The maximum atomic E-state index is 11.9. The van der Waals surface area contributed by atoms with E-state index in [4.69, 9.17) is 16.9 Å². The molecule has 0 saturated carbocycles. The van der Waals surface area contributed by atoms with Crippen molar-refractivity contribution in [1.29, 1.82) is 5.26 Å². The van der Waals surface area contributed by atoms with Gasteiger partial charge in [0.1, 0.15) is 5.92 Å². The van der Waals surface area contributed by atoms with Gasteiger partial charge in [0.15, 0.2) is 0 Å². The molecule has 1 unspecified atom stereocenters. The van der Waals surface area contributed by atoms with Gasteiger partial charge in [-0.25, -0.2) is 0 Å². The first-order chi connectivity index (χ1) is 8.36. The molecule has 0 heterocycles. The molecule has 96 valence electrons. The largest absolute Gasteiger partial charge is 0.324 e. The minimum atomic E-state index is -0.669. The van der Waals surface area contributed by atoms with Crippen LogP contribution in [-0.2, 0) is 4.79 Å². The number of carbonyl (C=O) groups excluding carboxylic acids is 1. The van der Waals surface area contributed by atoms with Gasteiger partial charge >= 0.3 is 0 Å². The van der Waals surface area contributed by atoms with Crippen LogP contribution in [0.15, 0.2) is 16.6 Å². The highest BCUT2D eigenvalue weighted by molar-refractivity contribution is 9.10. The number of hydrogen-bond donors (Lipinski definition) is 1. The van der Waals surface area contributed by atoms with Gasteiger partial charge in [0.05, 0.1) is 11.8 Å². The van der Waals surface area contributed by atoms with E-state index < -0.39 is 5.92 Å². The molecule has 18 heavy (non-hydrogen) atoms. The van der Waals surface area contributed by atoms with Crippen LogP contribution in [0, 0.1) is 30.1 Å². The van der Waals surface area contributed by atoms with Crippen LogP contribution < -0.4 is 5.32 Å². The third-order valence-electron chi connectivity index (χ3n) is 2.59. The summed E-state index contributed by atoms with van der Waals surface area (Å²) in [5.41, 5.74) is 1.50. The summed E-state index contributed by atoms with van der Waals surface area (Å²) in [6.45, 7) is 5.56. The number of nitriles is 1. The van der Waals surface area contributed by atoms with E-state index in [1.165, 1.54) is 0 Å². The molecule has 1 aromatic rings. The molecule has 1 aromatic carbocycles. The van der Waals surface area contributed by atoms with Crippen molar-refractivity contribution in [2.24, 2.45) is 11.8 Å². The van der Waals surface area contributed by atoms with Crippen molar-refractivity contribution in [1.82, 2.24) is 0 Å². The number of halogens is 2. The Kier molecular flexibility index (Phi) is 5.18. The number of nitrogens with zero attached hydrogens (tertiary/aromatic N) is 1. The maximum absolute atomic E-state index is 11.9. The average molecular weight is 330 g/mol. The Balaban J connectivity index is 2.95. The highest BCUT2D eigenvalue weighted by Crippen LogP contribution is 2.29. The van der Waals surface area contributed by atoms with Crippen LogP contribution in [0.25, 0.3) is 0 Å². The van der Waals surface area contributed by atoms with E-state index in [9.17, 15) is 4.79 Å². The number of rotatable bonds is 3. The number of hydrogen-bond acceptors (Lipinski definition) is 2. The lowest BCUT2D eigenvalue weighted by molar-refractivity contribution is -0.119. The molecule has 0 radical (unpaired) electrons. The summed E-state index contributed by atoms with van der Waals surface area (Å²) < 4.78 is 0.748. The van der Waals surface area contributed by atoms with Crippen LogP contribution in [0.4, 0.5) is 5.69 Å². The second kappa shape index (κ2) is 6.21. The standard InChI is InChI=1S/C13H14BrClN2O/c1-7(2)9(6-16)13(18)17-12-5-11(15)8(3)4-10(12)14/h4-5,7,9H,1-3H3,(H,17,18). The number of carbonyl (C=O) groups is 1. The Hall–Kier alpha value is -1.05. The van der Waals surface area contributed by atoms with E-state index in [0.717, 1.165) is 10.0 Å². The van der Waals surface area contributed by atoms with E-state index in [1.54, 1.807) is 6.07 Å². The molecule has 0 aliphatic carbocycles. The van der Waals surface area contributed by atoms with Gasteiger partial charge < -0.3 is 5.32 Å². The molecule has 0 aliphatic heterocycles. The monoisotopic (exact) mass is 328 g/mol. The molecule has 1 atom stereocenters. The minimum Gasteiger partial charge on any atom is -0.324 e. The Morgan fingerprint density at radius 3 is 2.61 bits per heavy atom. The molecule has 0 saturated heterocycles. The van der Waals surface area contributed by atoms with Gasteiger partial charge in [0, 0.05) is 9.50 Å². The molecule has 1 amide bonds. The Morgan fingerprint density at radius 2 is 2.11 bits per heavy atom. The molecule has 0 spiro atoms. The molecular weight excluding hydrogens is 316 g/mol. The van der Waals surface area contributed by atoms with E-state index in [1.807, 2.05) is 32.9 Å². The molecule has 1 N–H and O–H groups in total. The van der Waals surface area contributed by atoms with Gasteiger partial charge in [-0.2, -0.15) is 5.26 Å². The Labute approximate surface area is 120 Å². The molecule has 0 aromatic heterocycles. The smallest absolute Gasteiger partial charge is 0.242 e. The third-order valence-corrected chi connectivity index (χ3v) is 3.66. The van der Waals surface area contributed by atoms with Crippen molar-refractivity contribution in [3.63, 3.8) is 0 Å². The fraction of sp³-hybridized carbons (Fsp3) is 0.385. The predicted octanol–water partition coefficient (Wildman–Crippen LogP) is 4.15. The van der Waals surface area contributed by atoms with Crippen LogP contribution >= 0.6 is 27.5 Å². The van der Waals surface area contributed by atoms with Gasteiger partial charge in [-0.1, -0.05) is 25.4 Å². The maximum Gasteiger partial charge on any atom is 0.242 e. The van der Waals surface area contributed by atoms with Gasteiger partial charge in [-0.15, -0.1) is 0 Å². The topological polar surface area (TPSA) is 52.9 Å². The van der Waals surface area contributed by atoms with Crippen LogP contribution in [0.3, 0.4) is 0 Å². The summed E-state index contributed by atoms with van der Waals surface area (Å²) in [6, 6.07) is 5.51. The summed E-state index contributed by atoms with van der Waals surface area (Å²) in [6.07, 6.45) is 0. The van der Waals surface area contributed by atoms with Gasteiger partial charge in [-0.3, -0.25) is 4.79 Å². The summed E-state index contributed by atoms with van der Waals surface area (Å²) in [5.74, 6) is -1.01. The fourth-order valence-electron chi connectivity index (χ4n) is 1.46. The zero-order valence-corrected chi connectivity index (χ0v) is 12.8. The number of aryl methyl sites for hydroxylation is 1. The van der Waals surface area contributed by atoms with Crippen molar-refractivity contribution in [2.75, 3.05) is 5.32 Å². The first-order valence-corrected chi connectivity index (χ1v) is 6.70. The molecule has 5 heteroatoms. The highest BCUT2D eigenvalue weighted by Gasteiger charge is 2.22. The number of anilines is 1.